The Hall–Kier alpha value is -1.17. The van der Waals surface area contributed by atoms with Gasteiger partial charge >= 0.3 is 0 Å². The van der Waals surface area contributed by atoms with Gasteiger partial charge in [0.2, 0.25) is 5.28 Å². The second-order valence-corrected chi connectivity index (χ2v) is 5.26. The lowest BCUT2D eigenvalue weighted by Crippen LogP contribution is -2.02. The maximum Gasteiger partial charge on any atom is 0.224 e. The maximum absolute atomic E-state index is 5.93. The van der Waals surface area contributed by atoms with Crippen LogP contribution in [0.15, 0.2) is 28.7 Å². The van der Waals surface area contributed by atoms with Crippen LogP contribution in [-0.2, 0) is 13.1 Å². The Morgan fingerprint density at radius 3 is 3.00 bits per heavy atom. The molecule has 92 valence electrons. The Labute approximate surface area is 118 Å². The molecule has 0 aliphatic carbocycles. The number of fused-ring (bicyclic) bond motifs is 1. The summed E-state index contributed by atoms with van der Waals surface area (Å²) in [7, 11) is 0. The molecule has 0 saturated heterocycles. The molecule has 0 spiro atoms. The van der Waals surface area contributed by atoms with Gasteiger partial charge in [-0.2, -0.15) is 0 Å². The fourth-order valence-electron chi connectivity index (χ4n) is 1.94. The van der Waals surface area contributed by atoms with Crippen molar-refractivity contribution < 1.29 is 0 Å². The zero-order valence-electron chi connectivity index (χ0n) is 9.37. The zero-order chi connectivity index (χ0) is 12.5. The monoisotopic (exact) mass is 324 g/mol. The van der Waals surface area contributed by atoms with E-state index in [1.807, 2.05) is 24.3 Å². The Bertz CT molecular complexity index is 603. The summed E-state index contributed by atoms with van der Waals surface area (Å²) < 4.78 is 1.02. The van der Waals surface area contributed by atoms with Gasteiger partial charge in [-0.1, -0.05) is 22.0 Å². The van der Waals surface area contributed by atoms with Crippen LogP contribution in [0.4, 0.5) is 11.5 Å². The van der Waals surface area contributed by atoms with Gasteiger partial charge in [0.25, 0.3) is 0 Å². The van der Waals surface area contributed by atoms with Gasteiger partial charge in [0, 0.05) is 28.8 Å². The van der Waals surface area contributed by atoms with Crippen molar-refractivity contribution >= 4 is 39.0 Å². The molecule has 0 radical (unpaired) electrons. The lowest BCUT2D eigenvalue weighted by Gasteiger charge is -2.10. The van der Waals surface area contributed by atoms with Crippen LogP contribution in [0.3, 0.4) is 0 Å². The molecule has 0 atom stereocenters. The highest BCUT2D eigenvalue weighted by Crippen LogP contribution is 2.26. The molecule has 6 heteroatoms. The SMILES string of the molecule is Clc1nc2c(c(Nc3cccc(Br)c3)n1)CNC2. The third kappa shape index (κ3) is 2.34. The van der Waals surface area contributed by atoms with Crippen molar-refractivity contribution in [1.82, 2.24) is 15.3 Å². The average molecular weight is 326 g/mol. The number of aromatic nitrogens is 2. The summed E-state index contributed by atoms with van der Waals surface area (Å²) in [6.07, 6.45) is 0. The highest BCUT2D eigenvalue weighted by Gasteiger charge is 2.18. The molecule has 0 bridgehead atoms. The minimum atomic E-state index is 0.273. The molecule has 18 heavy (non-hydrogen) atoms. The lowest BCUT2D eigenvalue weighted by molar-refractivity contribution is 0.758. The standard InChI is InChI=1S/C12H10BrClN4/c13-7-2-1-3-8(4-7)16-11-9-5-15-6-10(9)17-12(14)18-11/h1-4,15H,5-6H2,(H,16,17,18). The molecule has 0 unspecified atom stereocenters. The number of nitrogens with one attached hydrogen (secondary N) is 2. The van der Waals surface area contributed by atoms with Gasteiger partial charge in [0.15, 0.2) is 0 Å². The molecule has 2 heterocycles. The quantitative estimate of drug-likeness (QED) is 0.832. The van der Waals surface area contributed by atoms with E-state index in [0.29, 0.717) is 0 Å². The smallest absolute Gasteiger partial charge is 0.224 e. The molecule has 2 N–H and O–H groups in total. The van der Waals surface area contributed by atoms with E-state index in [4.69, 9.17) is 11.6 Å². The summed E-state index contributed by atoms with van der Waals surface area (Å²) in [5.74, 6) is 0.771. The average Bonchev–Trinajstić information content (AvgIpc) is 2.77. The molecule has 1 aromatic carbocycles. The molecule has 0 saturated carbocycles. The van der Waals surface area contributed by atoms with Crippen LogP contribution in [0, 0.1) is 0 Å². The van der Waals surface area contributed by atoms with Gasteiger partial charge < -0.3 is 10.6 Å². The van der Waals surface area contributed by atoms with Gasteiger partial charge in [-0.25, -0.2) is 9.97 Å². The van der Waals surface area contributed by atoms with E-state index in [9.17, 15) is 0 Å². The van der Waals surface area contributed by atoms with E-state index >= 15 is 0 Å². The Morgan fingerprint density at radius 1 is 1.28 bits per heavy atom. The molecule has 4 nitrogen and oxygen atoms in total. The predicted molar refractivity (Wildman–Crippen MR) is 75.0 cm³/mol. The normalized spacial score (nSPS) is 13.4. The zero-order valence-corrected chi connectivity index (χ0v) is 11.7. The Kier molecular flexibility index (Phi) is 3.20. The minimum Gasteiger partial charge on any atom is -0.340 e. The van der Waals surface area contributed by atoms with Crippen molar-refractivity contribution in [1.29, 1.82) is 0 Å². The highest BCUT2D eigenvalue weighted by atomic mass is 79.9. The molecule has 2 aromatic rings. The van der Waals surface area contributed by atoms with Crippen LogP contribution >= 0.6 is 27.5 Å². The van der Waals surface area contributed by atoms with E-state index in [2.05, 4.69) is 36.5 Å². The summed E-state index contributed by atoms with van der Waals surface area (Å²) >= 11 is 9.37. The fourth-order valence-corrected chi connectivity index (χ4v) is 2.53. The van der Waals surface area contributed by atoms with E-state index < -0.39 is 0 Å². The first kappa shape index (κ1) is 11.9. The predicted octanol–water partition coefficient (Wildman–Crippen LogP) is 3.24. The third-order valence-corrected chi connectivity index (χ3v) is 3.41. The van der Waals surface area contributed by atoms with Gasteiger partial charge in [-0.05, 0) is 29.8 Å². The van der Waals surface area contributed by atoms with Crippen LogP contribution in [0.5, 0.6) is 0 Å². The topological polar surface area (TPSA) is 49.8 Å². The van der Waals surface area contributed by atoms with Crippen molar-refractivity contribution in [3.8, 4) is 0 Å². The van der Waals surface area contributed by atoms with Crippen LogP contribution in [0.2, 0.25) is 5.28 Å². The van der Waals surface area contributed by atoms with E-state index in [1.165, 1.54) is 0 Å². The number of benzene rings is 1. The van der Waals surface area contributed by atoms with Crippen LogP contribution in [0.25, 0.3) is 0 Å². The van der Waals surface area contributed by atoms with Crippen molar-refractivity contribution in [2.75, 3.05) is 5.32 Å². The number of nitrogens with zero attached hydrogens (tertiary/aromatic N) is 2. The number of hydrogen-bond donors (Lipinski definition) is 2. The van der Waals surface area contributed by atoms with Gasteiger partial charge in [0.1, 0.15) is 5.82 Å². The van der Waals surface area contributed by atoms with Crippen molar-refractivity contribution in [2.24, 2.45) is 0 Å². The third-order valence-electron chi connectivity index (χ3n) is 2.75. The largest absolute Gasteiger partial charge is 0.340 e. The fraction of sp³-hybridized carbons (Fsp3) is 0.167. The molecule has 1 aliphatic rings. The Balaban J connectivity index is 1.98. The van der Waals surface area contributed by atoms with Crippen LogP contribution in [-0.4, -0.2) is 9.97 Å². The first-order chi connectivity index (χ1) is 8.72. The minimum absolute atomic E-state index is 0.273. The number of rotatable bonds is 2. The summed E-state index contributed by atoms with van der Waals surface area (Å²) in [5.41, 5.74) is 3.01. The number of anilines is 2. The molecule has 0 amide bonds. The van der Waals surface area contributed by atoms with Crippen LogP contribution < -0.4 is 10.6 Å². The Morgan fingerprint density at radius 2 is 2.17 bits per heavy atom. The van der Waals surface area contributed by atoms with Crippen LogP contribution in [0.1, 0.15) is 11.3 Å². The van der Waals surface area contributed by atoms with E-state index in [0.717, 1.165) is 40.3 Å². The van der Waals surface area contributed by atoms with Crippen molar-refractivity contribution in [2.45, 2.75) is 13.1 Å². The molecular weight excluding hydrogens is 316 g/mol. The van der Waals surface area contributed by atoms with Crippen molar-refractivity contribution in [3.05, 3.63) is 45.3 Å². The summed E-state index contributed by atoms with van der Waals surface area (Å²) in [4.78, 5) is 8.47. The van der Waals surface area contributed by atoms with Gasteiger partial charge in [-0.3, -0.25) is 0 Å². The first-order valence-corrected chi connectivity index (χ1v) is 6.68. The second kappa shape index (κ2) is 4.84. The lowest BCUT2D eigenvalue weighted by atomic mass is 10.2. The van der Waals surface area contributed by atoms with E-state index in [1.54, 1.807) is 0 Å². The van der Waals surface area contributed by atoms with E-state index in [-0.39, 0.29) is 5.28 Å². The molecule has 1 aromatic heterocycles. The molecule has 0 fully saturated rings. The summed E-state index contributed by atoms with van der Waals surface area (Å²) in [5, 5.41) is 6.80. The van der Waals surface area contributed by atoms with Gasteiger partial charge in [-0.15, -0.1) is 0 Å². The number of hydrogen-bond acceptors (Lipinski definition) is 4. The molecular formula is C12H10BrClN4. The number of halogens is 2. The van der Waals surface area contributed by atoms with Crippen molar-refractivity contribution in [3.63, 3.8) is 0 Å². The molecule has 3 rings (SSSR count). The highest BCUT2D eigenvalue weighted by molar-refractivity contribution is 9.10. The molecule has 1 aliphatic heterocycles. The summed E-state index contributed by atoms with van der Waals surface area (Å²) in [6.45, 7) is 1.51. The first-order valence-electron chi connectivity index (χ1n) is 5.51. The maximum atomic E-state index is 5.93. The van der Waals surface area contributed by atoms with Gasteiger partial charge in [0.05, 0.1) is 5.69 Å². The second-order valence-electron chi connectivity index (χ2n) is 4.01. The summed E-state index contributed by atoms with van der Waals surface area (Å²) in [6, 6.07) is 7.91.